The molecule has 1 saturated heterocycles. The summed E-state index contributed by atoms with van der Waals surface area (Å²) in [6.45, 7) is 3.78. The van der Waals surface area contributed by atoms with Crippen LogP contribution in [-0.2, 0) is 4.79 Å². The Morgan fingerprint density at radius 1 is 1.32 bits per heavy atom. The molecule has 1 aromatic rings. The van der Waals surface area contributed by atoms with Crippen molar-refractivity contribution in [3.05, 3.63) is 35.9 Å². The number of carbonyl (C=O) groups excluding carboxylic acids is 1. The number of guanidine groups is 1. The fourth-order valence-electron chi connectivity index (χ4n) is 1.89. The predicted octanol–water partition coefficient (Wildman–Crippen LogP) is 0.733. The first-order valence-electron chi connectivity index (χ1n) is 6.32. The molecule has 1 heterocycles. The van der Waals surface area contributed by atoms with Crippen LogP contribution in [0.3, 0.4) is 0 Å². The maximum Gasteiger partial charge on any atom is 0.253 e. The molecule has 0 saturated carbocycles. The average Bonchev–Trinajstić information content (AvgIpc) is 2.77. The minimum absolute atomic E-state index is 0.0166. The molecule has 2 rings (SSSR count). The topological polar surface area (TPSA) is 84.7 Å². The number of hydrogen-bond acceptors (Lipinski definition) is 2. The number of nitrogens with zero attached hydrogens (tertiary/aromatic N) is 2. The molecule has 1 amide bonds. The van der Waals surface area contributed by atoms with Crippen LogP contribution in [0.25, 0.3) is 0 Å². The zero-order valence-electron chi connectivity index (χ0n) is 11.5. The number of nitrogens with two attached hydrogens (primary N) is 2. The van der Waals surface area contributed by atoms with Crippen LogP contribution in [-0.4, -0.2) is 36.9 Å². The van der Waals surface area contributed by atoms with Gasteiger partial charge < -0.3 is 16.4 Å². The van der Waals surface area contributed by atoms with E-state index in [0.717, 1.165) is 19.5 Å². The number of rotatable bonds is 1. The summed E-state index contributed by atoms with van der Waals surface area (Å²) < 4.78 is 0. The molecule has 1 aliphatic rings. The lowest BCUT2D eigenvalue weighted by molar-refractivity contribution is -0.121. The third-order valence-corrected chi connectivity index (χ3v) is 2.92. The Bertz CT molecular complexity index is 426. The fraction of sp³-hybridized carbons (Fsp3) is 0.429. The summed E-state index contributed by atoms with van der Waals surface area (Å²) in [4.78, 5) is 16.8. The first-order chi connectivity index (χ1) is 8.99. The van der Waals surface area contributed by atoms with E-state index < -0.39 is 0 Å². The Kier molecular flexibility index (Phi) is 6.02. The van der Waals surface area contributed by atoms with E-state index in [1.54, 1.807) is 0 Å². The minimum Gasteiger partial charge on any atom is -0.370 e. The van der Waals surface area contributed by atoms with Crippen LogP contribution in [0, 0.1) is 12.8 Å². The van der Waals surface area contributed by atoms with Gasteiger partial charge in [-0.05, 0) is 26.9 Å². The number of aliphatic imine (C=N–C) groups is 1. The maximum atomic E-state index is 11.2. The van der Waals surface area contributed by atoms with Gasteiger partial charge in [-0.2, -0.15) is 4.99 Å². The van der Waals surface area contributed by atoms with E-state index in [-0.39, 0.29) is 17.8 Å². The molecule has 19 heavy (non-hydrogen) atoms. The second kappa shape index (κ2) is 7.53. The molecule has 5 heteroatoms. The summed E-state index contributed by atoms with van der Waals surface area (Å²) in [5, 5.41) is 0. The zero-order chi connectivity index (χ0) is 14.3. The molecule has 5 nitrogen and oxygen atoms in total. The SMILES string of the molecule is CN1CCC(C(=O)N=C(N)N)C1.Cc1ccccc1. The maximum absolute atomic E-state index is 11.2. The van der Waals surface area contributed by atoms with Crippen molar-refractivity contribution in [1.29, 1.82) is 0 Å². The largest absolute Gasteiger partial charge is 0.370 e. The van der Waals surface area contributed by atoms with Crippen molar-refractivity contribution < 1.29 is 4.79 Å². The van der Waals surface area contributed by atoms with Crippen LogP contribution in [0.2, 0.25) is 0 Å². The molecule has 0 aliphatic carbocycles. The lowest BCUT2D eigenvalue weighted by Gasteiger charge is -2.05. The van der Waals surface area contributed by atoms with Gasteiger partial charge in [0.25, 0.3) is 5.91 Å². The highest BCUT2D eigenvalue weighted by atomic mass is 16.1. The van der Waals surface area contributed by atoms with Crippen molar-refractivity contribution in [3.8, 4) is 0 Å². The van der Waals surface area contributed by atoms with Crippen molar-refractivity contribution in [2.75, 3.05) is 20.1 Å². The standard InChI is InChI=1S/C7H14N4O.C7H8/c1-11-3-2-5(4-11)6(12)10-7(8)9;1-7-5-3-2-4-6-7/h5H,2-4H2,1H3,(H4,8,9,10,12);2-6H,1H3. The lowest BCUT2D eigenvalue weighted by atomic mass is 10.1. The van der Waals surface area contributed by atoms with Crippen molar-refractivity contribution in [2.45, 2.75) is 13.3 Å². The van der Waals surface area contributed by atoms with Crippen LogP contribution < -0.4 is 11.5 Å². The molecule has 0 spiro atoms. The van der Waals surface area contributed by atoms with E-state index in [0.29, 0.717) is 0 Å². The summed E-state index contributed by atoms with van der Waals surface area (Å²) in [6, 6.07) is 10.3. The smallest absolute Gasteiger partial charge is 0.253 e. The third-order valence-electron chi connectivity index (χ3n) is 2.92. The number of aryl methyl sites for hydroxylation is 1. The Balaban J connectivity index is 0.000000218. The number of amides is 1. The molecule has 0 bridgehead atoms. The van der Waals surface area contributed by atoms with Crippen molar-refractivity contribution in [3.63, 3.8) is 0 Å². The van der Waals surface area contributed by atoms with E-state index in [1.165, 1.54) is 5.56 Å². The van der Waals surface area contributed by atoms with Crippen molar-refractivity contribution in [2.24, 2.45) is 22.4 Å². The predicted molar refractivity (Wildman–Crippen MR) is 77.6 cm³/mol. The molecular formula is C14H22N4O. The number of benzene rings is 1. The fourth-order valence-corrected chi connectivity index (χ4v) is 1.89. The van der Waals surface area contributed by atoms with E-state index in [2.05, 4.69) is 28.9 Å². The highest BCUT2D eigenvalue weighted by Crippen LogP contribution is 2.15. The van der Waals surface area contributed by atoms with Crippen molar-refractivity contribution in [1.82, 2.24) is 4.90 Å². The van der Waals surface area contributed by atoms with Gasteiger partial charge in [-0.1, -0.05) is 35.9 Å². The molecule has 0 radical (unpaired) electrons. The zero-order valence-corrected chi connectivity index (χ0v) is 11.5. The molecule has 0 aromatic heterocycles. The Labute approximate surface area is 114 Å². The van der Waals surface area contributed by atoms with Gasteiger partial charge >= 0.3 is 0 Å². The number of carbonyl (C=O) groups is 1. The Morgan fingerprint density at radius 2 is 1.95 bits per heavy atom. The van der Waals surface area contributed by atoms with Gasteiger partial charge in [0, 0.05) is 6.54 Å². The van der Waals surface area contributed by atoms with Crippen molar-refractivity contribution >= 4 is 11.9 Å². The summed E-state index contributed by atoms with van der Waals surface area (Å²) in [7, 11) is 1.97. The normalized spacial score (nSPS) is 18.3. The number of likely N-dealkylation sites (tertiary alicyclic amines) is 1. The van der Waals surface area contributed by atoms with Gasteiger partial charge in [0.05, 0.1) is 5.92 Å². The highest BCUT2D eigenvalue weighted by molar-refractivity contribution is 5.92. The molecule has 1 fully saturated rings. The second-order valence-corrected chi connectivity index (χ2v) is 4.78. The summed E-state index contributed by atoms with van der Waals surface area (Å²) in [6.07, 6.45) is 0.853. The summed E-state index contributed by atoms with van der Waals surface area (Å²) >= 11 is 0. The summed E-state index contributed by atoms with van der Waals surface area (Å²) in [5.41, 5.74) is 11.5. The molecule has 1 atom stereocenters. The Hall–Kier alpha value is -1.88. The highest BCUT2D eigenvalue weighted by Gasteiger charge is 2.25. The minimum atomic E-state index is -0.195. The Morgan fingerprint density at radius 3 is 2.32 bits per heavy atom. The quantitative estimate of drug-likeness (QED) is 0.577. The molecular weight excluding hydrogens is 240 g/mol. The molecule has 4 N–H and O–H groups in total. The van der Waals surface area contributed by atoms with E-state index in [9.17, 15) is 4.79 Å². The van der Waals surface area contributed by atoms with E-state index in [1.807, 2.05) is 25.2 Å². The van der Waals surface area contributed by atoms with Crippen LogP contribution in [0.15, 0.2) is 35.3 Å². The van der Waals surface area contributed by atoms with Gasteiger partial charge in [-0.15, -0.1) is 0 Å². The molecule has 1 unspecified atom stereocenters. The first-order valence-corrected chi connectivity index (χ1v) is 6.32. The van der Waals surface area contributed by atoms with Gasteiger partial charge in [0.1, 0.15) is 0 Å². The molecule has 1 aromatic carbocycles. The molecule has 1 aliphatic heterocycles. The average molecular weight is 262 g/mol. The third kappa shape index (κ3) is 6.01. The van der Waals surface area contributed by atoms with Gasteiger partial charge in [0.15, 0.2) is 5.96 Å². The van der Waals surface area contributed by atoms with E-state index in [4.69, 9.17) is 11.5 Å². The first kappa shape index (κ1) is 15.2. The lowest BCUT2D eigenvalue weighted by Crippen LogP contribution is -2.27. The van der Waals surface area contributed by atoms with Crippen LogP contribution in [0.5, 0.6) is 0 Å². The molecule has 104 valence electrons. The van der Waals surface area contributed by atoms with Gasteiger partial charge in [-0.3, -0.25) is 4.79 Å². The summed E-state index contributed by atoms with van der Waals surface area (Å²) in [5.74, 6) is -0.356. The van der Waals surface area contributed by atoms with Crippen LogP contribution in [0.4, 0.5) is 0 Å². The number of hydrogen-bond donors (Lipinski definition) is 2. The van der Waals surface area contributed by atoms with Gasteiger partial charge in [0.2, 0.25) is 0 Å². The van der Waals surface area contributed by atoms with Crippen LogP contribution in [0.1, 0.15) is 12.0 Å². The second-order valence-electron chi connectivity index (χ2n) is 4.78. The monoisotopic (exact) mass is 262 g/mol. The van der Waals surface area contributed by atoms with Gasteiger partial charge in [-0.25, -0.2) is 0 Å². The van der Waals surface area contributed by atoms with Crippen LogP contribution >= 0.6 is 0 Å². The van der Waals surface area contributed by atoms with E-state index >= 15 is 0 Å².